The number of rotatable bonds is 5. The monoisotopic (exact) mass is 359 g/mol. The fraction of sp³-hybridized carbons (Fsp3) is 0.235. The summed E-state index contributed by atoms with van der Waals surface area (Å²) in [5, 5.41) is 11.6. The van der Waals surface area contributed by atoms with E-state index in [0.717, 1.165) is 0 Å². The van der Waals surface area contributed by atoms with E-state index in [1.165, 1.54) is 22.7 Å². The predicted molar refractivity (Wildman–Crippen MR) is 93.3 cm³/mol. The standard InChI is InChI=1S/C17H17N3O4S/c1-2-9-8-25-16-12(15(22)20(16)13(9)17(23)24)19-14(21)11(18)10-6-4-3-5-7-10/h2-7,11-12,16H,1,8,18H2,(H,19,21)(H,23,24)/t11?,12?,16-/m0/s1. The molecule has 3 atom stereocenters. The van der Waals surface area contributed by atoms with Crippen molar-refractivity contribution in [3.05, 3.63) is 59.8 Å². The van der Waals surface area contributed by atoms with Crippen LogP contribution in [-0.2, 0) is 14.4 Å². The molecule has 2 amide bonds. The average Bonchev–Trinajstić information content (AvgIpc) is 2.64. The Balaban J connectivity index is 1.74. The first-order valence-corrected chi connectivity index (χ1v) is 8.65. The number of amides is 2. The maximum Gasteiger partial charge on any atom is 0.352 e. The zero-order valence-electron chi connectivity index (χ0n) is 13.2. The van der Waals surface area contributed by atoms with Gasteiger partial charge in [-0.3, -0.25) is 14.5 Å². The number of carboxylic acids is 1. The van der Waals surface area contributed by atoms with Crippen molar-refractivity contribution in [1.82, 2.24) is 10.2 Å². The van der Waals surface area contributed by atoms with E-state index < -0.39 is 35.2 Å². The molecule has 1 fully saturated rings. The lowest BCUT2D eigenvalue weighted by Gasteiger charge is -2.49. The highest BCUT2D eigenvalue weighted by molar-refractivity contribution is 8.00. The van der Waals surface area contributed by atoms with Crippen LogP contribution in [0, 0.1) is 0 Å². The second kappa shape index (κ2) is 6.73. The summed E-state index contributed by atoms with van der Waals surface area (Å²) in [6.45, 7) is 3.59. The van der Waals surface area contributed by atoms with Gasteiger partial charge in [0.05, 0.1) is 0 Å². The number of fused-ring (bicyclic) bond motifs is 1. The van der Waals surface area contributed by atoms with Crippen LogP contribution in [0.2, 0.25) is 0 Å². The summed E-state index contributed by atoms with van der Waals surface area (Å²) >= 11 is 1.39. The first kappa shape index (κ1) is 17.2. The first-order valence-electron chi connectivity index (χ1n) is 7.60. The molecule has 130 valence electrons. The van der Waals surface area contributed by atoms with Crippen LogP contribution < -0.4 is 11.1 Å². The van der Waals surface area contributed by atoms with Gasteiger partial charge in [-0.15, -0.1) is 11.8 Å². The minimum atomic E-state index is -1.18. The van der Waals surface area contributed by atoms with Gasteiger partial charge in [-0.25, -0.2) is 4.79 Å². The van der Waals surface area contributed by atoms with Crippen molar-refractivity contribution in [2.75, 3.05) is 5.75 Å². The van der Waals surface area contributed by atoms with Crippen molar-refractivity contribution in [1.29, 1.82) is 0 Å². The van der Waals surface area contributed by atoms with Gasteiger partial charge in [0.15, 0.2) is 0 Å². The predicted octanol–water partition coefficient (Wildman–Crippen LogP) is 0.611. The van der Waals surface area contributed by atoms with Gasteiger partial charge in [0, 0.05) is 5.75 Å². The number of β-lactam (4-membered cyclic amide) rings is 1. The van der Waals surface area contributed by atoms with Crippen LogP contribution in [0.3, 0.4) is 0 Å². The molecule has 0 bridgehead atoms. The number of hydrogen-bond acceptors (Lipinski definition) is 5. The minimum Gasteiger partial charge on any atom is -0.477 e. The third-order valence-electron chi connectivity index (χ3n) is 4.19. The smallest absolute Gasteiger partial charge is 0.352 e. The maximum absolute atomic E-state index is 12.4. The topological polar surface area (TPSA) is 113 Å². The molecule has 1 saturated heterocycles. The summed E-state index contributed by atoms with van der Waals surface area (Å²) in [6, 6.07) is 7.15. The lowest BCUT2D eigenvalue weighted by molar-refractivity contribution is -0.150. The molecule has 2 aliphatic rings. The van der Waals surface area contributed by atoms with E-state index in [2.05, 4.69) is 11.9 Å². The fourth-order valence-corrected chi connectivity index (χ4v) is 4.19. The molecule has 7 nitrogen and oxygen atoms in total. The molecule has 0 spiro atoms. The summed E-state index contributed by atoms with van der Waals surface area (Å²) < 4.78 is 0. The Hall–Kier alpha value is -2.58. The zero-order chi connectivity index (χ0) is 18.1. The molecule has 1 aromatic carbocycles. The zero-order valence-corrected chi connectivity index (χ0v) is 14.0. The molecule has 4 N–H and O–H groups in total. The van der Waals surface area contributed by atoms with Gasteiger partial charge in [-0.2, -0.15) is 0 Å². The SMILES string of the molecule is C=CC1=C(C(=O)O)N2C(=O)C(NC(=O)C(N)c3ccccc3)[C@@H]2SC1. The van der Waals surface area contributed by atoms with Gasteiger partial charge in [-0.1, -0.05) is 43.0 Å². The van der Waals surface area contributed by atoms with E-state index in [1.807, 2.05) is 6.07 Å². The molecule has 25 heavy (non-hydrogen) atoms. The Morgan fingerprint density at radius 1 is 1.40 bits per heavy atom. The van der Waals surface area contributed by atoms with E-state index in [9.17, 15) is 19.5 Å². The van der Waals surface area contributed by atoms with Crippen LogP contribution >= 0.6 is 11.8 Å². The van der Waals surface area contributed by atoms with Gasteiger partial charge < -0.3 is 16.2 Å². The van der Waals surface area contributed by atoms with Crippen LogP contribution in [0.1, 0.15) is 11.6 Å². The van der Waals surface area contributed by atoms with Gasteiger partial charge in [0.1, 0.15) is 23.2 Å². The van der Waals surface area contributed by atoms with Crippen molar-refractivity contribution in [2.45, 2.75) is 17.5 Å². The summed E-state index contributed by atoms with van der Waals surface area (Å²) in [4.78, 5) is 37.4. The van der Waals surface area contributed by atoms with Gasteiger partial charge >= 0.3 is 5.97 Å². The van der Waals surface area contributed by atoms with Gasteiger partial charge in [0.25, 0.3) is 5.91 Å². The van der Waals surface area contributed by atoms with E-state index in [-0.39, 0.29) is 5.70 Å². The van der Waals surface area contributed by atoms with Crippen LogP contribution in [0.4, 0.5) is 0 Å². The Bertz CT molecular complexity index is 777. The summed E-state index contributed by atoms with van der Waals surface area (Å²) in [6.07, 6.45) is 1.44. The summed E-state index contributed by atoms with van der Waals surface area (Å²) in [5.41, 5.74) is 7.00. The number of aliphatic carboxylic acids is 1. The number of thioether (sulfide) groups is 1. The Morgan fingerprint density at radius 3 is 2.68 bits per heavy atom. The lowest BCUT2D eigenvalue weighted by Crippen LogP contribution is -2.71. The number of nitrogens with zero attached hydrogens (tertiary/aromatic N) is 1. The van der Waals surface area contributed by atoms with Crippen molar-refractivity contribution in [3.63, 3.8) is 0 Å². The minimum absolute atomic E-state index is 0.0680. The molecule has 8 heteroatoms. The van der Waals surface area contributed by atoms with E-state index in [4.69, 9.17) is 5.73 Å². The summed E-state index contributed by atoms with van der Waals surface area (Å²) in [7, 11) is 0. The highest BCUT2D eigenvalue weighted by atomic mass is 32.2. The van der Waals surface area contributed by atoms with Crippen LogP contribution in [0.25, 0.3) is 0 Å². The number of benzene rings is 1. The third kappa shape index (κ3) is 2.94. The van der Waals surface area contributed by atoms with Gasteiger partial charge in [0.2, 0.25) is 5.91 Å². The molecule has 2 heterocycles. The fourth-order valence-electron chi connectivity index (χ4n) is 2.85. The number of nitrogens with two attached hydrogens (primary N) is 1. The molecule has 0 aliphatic carbocycles. The van der Waals surface area contributed by atoms with E-state index >= 15 is 0 Å². The number of carbonyl (C=O) groups is 3. The largest absolute Gasteiger partial charge is 0.477 e. The number of nitrogens with one attached hydrogen (secondary N) is 1. The first-order chi connectivity index (χ1) is 12.0. The molecule has 2 unspecified atom stereocenters. The normalized spacial score (nSPS) is 23.4. The van der Waals surface area contributed by atoms with Crippen LogP contribution in [0.5, 0.6) is 0 Å². The highest BCUT2D eigenvalue weighted by Crippen LogP contribution is 2.40. The third-order valence-corrected chi connectivity index (χ3v) is 5.49. The Morgan fingerprint density at radius 2 is 2.08 bits per heavy atom. The second-order valence-electron chi connectivity index (χ2n) is 5.67. The quantitative estimate of drug-likeness (QED) is 0.664. The number of hydrogen-bond donors (Lipinski definition) is 3. The molecular weight excluding hydrogens is 342 g/mol. The molecule has 0 radical (unpaired) electrons. The molecule has 2 aliphatic heterocycles. The molecule has 3 rings (SSSR count). The maximum atomic E-state index is 12.4. The summed E-state index contributed by atoms with van der Waals surface area (Å²) in [5.74, 6) is -1.70. The Kier molecular flexibility index (Phi) is 4.65. The van der Waals surface area contributed by atoms with Crippen molar-refractivity contribution < 1.29 is 19.5 Å². The Labute approximate surface area is 148 Å². The van der Waals surface area contributed by atoms with Crippen LogP contribution in [-0.4, -0.2) is 45.0 Å². The van der Waals surface area contributed by atoms with Crippen molar-refractivity contribution in [3.8, 4) is 0 Å². The second-order valence-corrected chi connectivity index (χ2v) is 6.77. The molecule has 0 aromatic heterocycles. The number of carbonyl (C=O) groups excluding carboxylic acids is 2. The molecule has 1 aromatic rings. The molecule has 0 saturated carbocycles. The van der Waals surface area contributed by atoms with Crippen molar-refractivity contribution in [2.24, 2.45) is 5.73 Å². The van der Waals surface area contributed by atoms with Crippen molar-refractivity contribution >= 4 is 29.5 Å². The highest BCUT2D eigenvalue weighted by Gasteiger charge is 2.54. The van der Waals surface area contributed by atoms with E-state index in [1.54, 1.807) is 24.3 Å². The van der Waals surface area contributed by atoms with E-state index in [0.29, 0.717) is 16.9 Å². The van der Waals surface area contributed by atoms with Gasteiger partial charge in [-0.05, 0) is 11.1 Å². The number of allylic oxidation sites excluding steroid dienone is 1. The molecular formula is C17H17N3O4S. The number of carboxylic acid groups (broad SMARTS) is 1. The average molecular weight is 359 g/mol. The van der Waals surface area contributed by atoms with Crippen LogP contribution in [0.15, 0.2) is 54.3 Å². The lowest BCUT2D eigenvalue weighted by atomic mass is 10.0.